The number of aliphatic hydroxyl groups excluding tert-OH is 1. The Morgan fingerprint density at radius 1 is 1.50 bits per heavy atom. The summed E-state index contributed by atoms with van der Waals surface area (Å²) in [7, 11) is 0. The number of nitrogen functional groups attached to an aromatic ring is 1. The molecule has 0 fully saturated rings. The first-order chi connectivity index (χ1) is 6.77. The topological polar surface area (TPSA) is 58.3 Å². The van der Waals surface area contributed by atoms with Crippen LogP contribution in [0, 0.1) is 5.82 Å². The Labute approximate surface area is 82.0 Å². The zero-order valence-electron chi connectivity index (χ0n) is 7.70. The lowest BCUT2D eigenvalue weighted by Crippen LogP contribution is -2.08. The summed E-state index contributed by atoms with van der Waals surface area (Å²) in [6.07, 6.45) is 4.10. The fourth-order valence-electron chi connectivity index (χ4n) is 1.05. The Morgan fingerprint density at radius 3 is 2.86 bits per heavy atom. The minimum Gasteiger partial charge on any atom is -0.396 e. The Hall–Kier alpha value is -1.39. The Bertz CT molecular complexity index is 326. The summed E-state index contributed by atoms with van der Waals surface area (Å²) in [6.45, 7) is 0.0986. The van der Waals surface area contributed by atoms with Crippen molar-refractivity contribution in [2.75, 3.05) is 12.0 Å². The lowest BCUT2D eigenvalue weighted by molar-refractivity contribution is 0.303. The first-order valence-corrected chi connectivity index (χ1v) is 4.31. The second-order valence-corrected chi connectivity index (χ2v) is 2.80. The van der Waals surface area contributed by atoms with E-state index in [0.29, 0.717) is 6.42 Å². The van der Waals surface area contributed by atoms with E-state index < -0.39 is 5.82 Å². The molecule has 0 bridgehead atoms. The molecule has 4 N–H and O–H groups in total. The van der Waals surface area contributed by atoms with Crippen molar-refractivity contribution in [3.8, 4) is 0 Å². The summed E-state index contributed by atoms with van der Waals surface area (Å²) in [5.74, 6) is 4.69. The number of hydrogen-bond donors (Lipinski definition) is 3. The van der Waals surface area contributed by atoms with Gasteiger partial charge in [-0.15, -0.1) is 0 Å². The van der Waals surface area contributed by atoms with Gasteiger partial charge >= 0.3 is 0 Å². The Kier molecular flexibility index (Phi) is 4.10. The summed E-state index contributed by atoms with van der Waals surface area (Å²) < 4.78 is 13.1. The van der Waals surface area contributed by atoms with Gasteiger partial charge in [0.25, 0.3) is 0 Å². The maximum atomic E-state index is 13.1. The molecule has 1 aromatic rings. The molecule has 4 heteroatoms. The van der Waals surface area contributed by atoms with E-state index in [9.17, 15) is 4.39 Å². The molecule has 76 valence electrons. The number of nitrogens with two attached hydrogens (primary N) is 1. The molecule has 0 heterocycles. The van der Waals surface area contributed by atoms with Crippen LogP contribution in [0.3, 0.4) is 0 Å². The molecule has 0 aliphatic rings. The molecule has 0 spiro atoms. The van der Waals surface area contributed by atoms with Crippen molar-refractivity contribution in [1.29, 1.82) is 0 Å². The highest BCUT2D eigenvalue weighted by atomic mass is 19.1. The number of hydrogen-bond acceptors (Lipinski definition) is 3. The summed E-state index contributed by atoms with van der Waals surface area (Å²) >= 11 is 0. The van der Waals surface area contributed by atoms with Gasteiger partial charge in [-0.3, -0.25) is 5.84 Å². The van der Waals surface area contributed by atoms with Gasteiger partial charge in [0.1, 0.15) is 5.82 Å². The third-order valence-corrected chi connectivity index (χ3v) is 1.75. The standard InChI is InChI=1S/C10H13FN2O/c11-9-7-8(3-1-2-6-14)4-5-10(9)13-12/h1,3-5,7,13-14H,2,6,12H2. The summed E-state index contributed by atoms with van der Waals surface area (Å²) in [4.78, 5) is 0. The van der Waals surface area contributed by atoms with Crippen molar-refractivity contribution in [3.63, 3.8) is 0 Å². The van der Waals surface area contributed by atoms with Crippen LogP contribution in [-0.4, -0.2) is 11.7 Å². The van der Waals surface area contributed by atoms with Crippen LogP contribution in [0.15, 0.2) is 24.3 Å². The van der Waals surface area contributed by atoms with Crippen molar-refractivity contribution < 1.29 is 9.50 Å². The molecule has 3 nitrogen and oxygen atoms in total. The maximum absolute atomic E-state index is 13.1. The van der Waals surface area contributed by atoms with Gasteiger partial charge in [0.15, 0.2) is 0 Å². The van der Waals surface area contributed by atoms with E-state index in [1.54, 1.807) is 24.3 Å². The molecule has 0 aliphatic carbocycles. The number of rotatable bonds is 4. The molecule has 0 aromatic heterocycles. The average molecular weight is 196 g/mol. The van der Waals surface area contributed by atoms with Crippen LogP contribution in [0.1, 0.15) is 12.0 Å². The van der Waals surface area contributed by atoms with Gasteiger partial charge in [0, 0.05) is 6.61 Å². The molecule has 0 atom stereocenters. The van der Waals surface area contributed by atoms with Crippen LogP contribution in [-0.2, 0) is 0 Å². The molecule has 0 radical (unpaired) electrons. The van der Waals surface area contributed by atoms with E-state index in [2.05, 4.69) is 5.43 Å². The third-order valence-electron chi connectivity index (χ3n) is 1.75. The molecular weight excluding hydrogens is 183 g/mol. The first kappa shape index (κ1) is 10.7. The van der Waals surface area contributed by atoms with Crippen molar-refractivity contribution in [2.45, 2.75) is 6.42 Å². The molecule has 0 amide bonds. The lowest BCUT2D eigenvalue weighted by Gasteiger charge is -2.01. The zero-order chi connectivity index (χ0) is 10.4. The molecule has 1 rings (SSSR count). The maximum Gasteiger partial charge on any atom is 0.148 e. The minimum atomic E-state index is -0.390. The monoisotopic (exact) mass is 196 g/mol. The summed E-state index contributed by atoms with van der Waals surface area (Å²) in [5.41, 5.74) is 3.26. The Balaban J connectivity index is 2.76. The first-order valence-electron chi connectivity index (χ1n) is 4.31. The molecule has 0 saturated heterocycles. The average Bonchev–Trinajstić information content (AvgIpc) is 2.18. The van der Waals surface area contributed by atoms with Gasteiger partial charge in [-0.1, -0.05) is 18.2 Å². The fourth-order valence-corrected chi connectivity index (χ4v) is 1.05. The minimum absolute atomic E-state index is 0.0986. The van der Waals surface area contributed by atoms with Crippen LogP contribution in [0.25, 0.3) is 6.08 Å². The number of benzene rings is 1. The Morgan fingerprint density at radius 2 is 2.29 bits per heavy atom. The van der Waals surface area contributed by atoms with E-state index >= 15 is 0 Å². The number of anilines is 1. The van der Waals surface area contributed by atoms with Crippen molar-refractivity contribution in [2.24, 2.45) is 5.84 Å². The number of halogens is 1. The molecule has 0 aliphatic heterocycles. The van der Waals surface area contributed by atoms with Crippen molar-refractivity contribution in [1.82, 2.24) is 0 Å². The van der Waals surface area contributed by atoms with Gasteiger partial charge in [-0.05, 0) is 24.1 Å². The largest absolute Gasteiger partial charge is 0.396 e. The predicted octanol–water partition coefficient (Wildman–Crippen LogP) is 1.51. The van der Waals surface area contributed by atoms with E-state index in [0.717, 1.165) is 5.56 Å². The highest BCUT2D eigenvalue weighted by Gasteiger charge is 1.99. The predicted molar refractivity (Wildman–Crippen MR) is 54.9 cm³/mol. The van der Waals surface area contributed by atoms with E-state index in [-0.39, 0.29) is 12.3 Å². The molecule has 0 unspecified atom stereocenters. The second-order valence-electron chi connectivity index (χ2n) is 2.80. The lowest BCUT2D eigenvalue weighted by atomic mass is 10.2. The number of hydrazine groups is 1. The molecule has 0 saturated carbocycles. The molecule has 1 aromatic carbocycles. The van der Waals surface area contributed by atoms with Crippen LogP contribution in [0.2, 0.25) is 0 Å². The second kappa shape index (κ2) is 5.36. The fraction of sp³-hybridized carbons (Fsp3) is 0.200. The van der Waals surface area contributed by atoms with Gasteiger partial charge in [-0.25, -0.2) is 4.39 Å². The number of nitrogens with one attached hydrogen (secondary N) is 1. The zero-order valence-corrected chi connectivity index (χ0v) is 7.70. The SMILES string of the molecule is NNc1ccc(C=CCCO)cc1F. The van der Waals surface area contributed by atoms with Gasteiger partial charge in [0.2, 0.25) is 0 Å². The normalized spacial score (nSPS) is 10.8. The van der Waals surface area contributed by atoms with Crippen LogP contribution in [0.5, 0.6) is 0 Å². The summed E-state index contributed by atoms with van der Waals surface area (Å²) in [5, 5.41) is 8.53. The highest BCUT2D eigenvalue weighted by Crippen LogP contribution is 2.15. The number of aliphatic hydroxyl groups is 1. The molecule has 14 heavy (non-hydrogen) atoms. The highest BCUT2D eigenvalue weighted by molar-refractivity contribution is 5.55. The van der Waals surface area contributed by atoms with Gasteiger partial charge < -0.3 is 10.5 Å². The summed E-state index contributed by atoms with van der Waals surface area (Å²) in [6, 6.07) is 4.68. The van der Waals surface area contributed by atoms with E-state index in [1.807, 2.05) is 0 Å². The smallest absolute Gasteiger partial charge is 0.148 e. The van der Waals surface area contributed by atoms with Crippen molar-refractivity contribution in [3.05, 3.63) is 35.7 Å². The van der Waals surface area contributed by atoms with E-state index in [4.69, 9.17) is 10.9 Å². The van der Waals surface area contributed by atoms with Crippen LogP contribution in [0.4, 0.5) is 10.1 Å². The third kappa shape index (κ3) is 2.83. The van der Waals surface area contributed by atoms with Gasteiger partial charge in [-0.2, -0.15) is 0 Å². The van der Waals surface area contributed by atoms with Gasteiger partial charge in [0.05, 0.1) is 5.69 Å². The van der Waals surface area contributed by atoms with Crippen LogP contribution >= 0.6 is 0 Å². The quantitative estimate of drug-likeness (QED) is 0.505. The molecular formula is C10H13FN2O. The van der Waals surface area contributed by atoms with E-state index in [1.165, 1.54) is 6.07 Å². The van der Waals surface area contributed by atoms with Crippen molar-refractivity contribution >= 4 is 11.8 Å². The van der Waals surface area contributed by atoms with Crippen LogP contribution < -0.4 is 11.3 Å².